The second-order valence-corrected chi connectivity index (χ2v) is 9.51. The number of aryl methyl sites for hydroxylation is 1. The Balaban J connectivity index is 1.49. The highest BCUT2D eigenvalue weighted by Gasteiger charge is 2.50. The van der Waals surface area contributed by atoms with Crippen LogP contribution >= 0.6 is 0 Å². The average molecular weight is 430 g/mol. The van der Waals surface area contributed by atoms with Gasteiger partial charge in [0.15, 0.2) is 0 Å². The van der Waals surface area contributed by atoms with E-state index < -0.39 is 6.09 Å². The normalized spacial score (nSPS) is 28.9. The molecule has 1 saturated carbocycles. The van der Waals surface area contributed by atoms with E-state index in [-0.39, 0.29) is 17.6 Å². The molecule has 0 bridgehead atoms. The standard InChI is InChI=1S/C24H35N3O4/c1-3-26(23(30)31)21-10-7-19(15-17(21)2)25-13-4-11-24(16-25)12-14-27(22(24)29)18-5-8-20(28)9-6-18/h7,10,15,18,20,28H,3-6,8-9,11-14,16H2,1-2H3,(H,30,31)/t18-,20-,24?. The van der Waals surface area contributed by atoms with Gasteiger partial charge in [-0.25, -0.2) is 4.79 Å². The van der Waals surface area contributed by atoms with Crippen molar-refractivity contribution in [3.8, 4) is 0 Å². The number of nitrogens with zero attached hydrogens (tertiary/aromatic N) is 3. The Labute approximate surface area is 184 Å². The van der Waals surface area contributed by atoms with Crippen molar-refractivity contribution in [2.45, 2.75) is 70.9 Å². The molecule has 2 saturated heterocycles. The molecule has 7 heteroatoms. The average Bonchev–Trinajstić information content (AvgIpc) is 3.05. The zero-order valence-electron chi connectivity index (χ0n) is 18.7. The highest BCUT2D eigenvalue weighted by molar-refractivity contribution is 5.88. The fourth-order valence-corrected chi connectivity index (χ4v) is 5.84. The molecule has 0 radical (unpaired) electrons. The molecule has 2 N–H and O–H groups in total. The van der Waals surface area contributed by atoms with E-state index in [0.29, 0.717) is 18.1 Å². The van der Waals surface area contributed by atoms with Crippen molar-refractivity contribution in [1.82, 2.24) is 4.90 Å². The van der Waals surface area contributed by atoms with Crippen LogP contribution in [0.4, 0.5) is 16.2 Å². The molecule has 2 amide bonds. The predicted octanol–water partition coefficient (Wildman–Crippen LogP) is 3.62. The molecule has 3 aliphatic rings. The van der Waals surface area contributed by atoms with E-state index in [4.69, 9.17) is 0 Å². The van der Waals surface area contributed by atoms with Crippen molar-refractivity contribution < 1.29 is 19.8 Å². The van der Waals surface area contributed by atoms with Gasteiger partial charge in [0.05, 0.1) is 17.2 Å². The largest absolute Gasteiger partial charge is 0.465 e. The van der Waals surface area contributed by atoms with Crippen LogP contribution in [0.25, 0.3) is 0 Å². The van der Waals surface area contributed by atoms with Gasteiger partial charge in [-0.2, -0.15) is 0 Å². The minimum Gasteiger partial charge on any atom is -0.465 e. The summed E-state index contributed by atoms with van der Waals surface area (Å²) < 4.78 is 0. The lowest BCUT2D eigenvalue weighted by molar-refractivity contribution is -0.139. The Morgan fingerprint density at radius 1 is 1.19 bits per heavy atom. The van der Waals surface area contributed by atoms with Gasteiger partial charge in [-0.15, -0.1) is 0 Å². The summed E-state index contributed by atoms with van der Waals surface area (Å²) in [7, 11) is 0. The first-order valence-electron chi connectivity index (χ1n) is 11.7. The molecule has 2 heterocycles. The van der Waals surface area contributed by atoms with E-state index in [0.717, 1.165) is 75.8 Å². The minimum atomic E-state index is -0.942. The van der Waals surface area contributed by atoms with E-state index in [1.54, 1.807) is 0 Å². The van der Waals surface area contributed by atoms with Crippen LogP contribution in [0.15, 0.2) is 18.2 Å². The lowest BCUT2D eigenvalue weighted by Gasteiger charge is -2.41. The number of piperidine rings is 1. The zero-order valence-corrected chi connectivity index (χ0v) is 18.7. The topological polar surface area (TPSA) is 84.3 Å². The first-order valence-corrected chi connectivity index (χ1v) is 11.7. The second-order valence-electron chi connectivity index (χ2n) is 9.51. The Bertz CT molecular complexity index is 836. The molecule has 31 heavy (non-hydrogen) atoms. The third kappa shape index (κ3) is 4.12. The summed E-state index contributed by atoms with van der Waals surface area (Å²) in [5, 5.41) is 19.3. The third-order valence-electron chi connectivity index (χ3n) is 7.61. The quantitative estimate of drug-likeness (QED) is 0.764. The van der Waals surface area contributed by atoms with Gasteiger partial charge in [0.1, 0.15) is 0 Å². The van der Waals surface area contributed by atoms with Gasteiger partial charge >= 0.3 is 6.09 Å². The molecule has 0 aromatic heterocycles. The van der Waals surface area contributed by atoms with Crippen LogP contribution < -0.4 is 9.80 Å². The van der Waals surface area contributed by atoms with E-state index in [9.17, 15) is 19.8 Å². The summed E-state index contributed by atoms with van der Waals surface area (Å²) in [5.74, 6) is 0.301. The third-order valence-corrected chi connectivity index (χ3v) is 7.61. The summed E-state index contributed by atoms with van der Waals surface area (Å²) in [6.07, 6.45) is 5.09. The van der Waals surface area contributed by atoms with Crippen molar-refractivity contribution in [1.29, 1.82) is 0 Å². The lowest BCUT2D eigenvalue weighted by atomic mass is 9.78. The minimum absolute atomic E-state index is 0.205. The van der Waals surface area contributed by atoms with Crippen LogP contribution in [0.3, 0.4) is 0 Å². The molecule has 1 spiro atoms. The number of hydrogen-bond acceptors (Lipinski definition) is 4. The summed E-state index contributed by atoms with van der Waals surface area (Å²) in [6.45, 7) is 6.66. The Morgan fingerprint density at radius 3 is 2.58 bits per heavy atom. The van der Waals surface area contributed by atoms with Gasteiger partial charge < -0.3 is 20.0 Å². The molecule has 4 rings (SSSR count). The fraction of sp³-hybridized carbons (Fsp3) is 0.667. The van der Waals surface area contributed by atoms with Gasteiger partial charge in [0.2, 0.25) is 5.91 Å². The zero-order chi connectivity index (χ0) is 22.2. The SMILES string of the molecule is CCN(C(=O)O)c1ccc(N2CCCC3(CCN([C@H]4CC[C@H](O)CC4)C3=O)C2)cc1C. The number of likely N-dealkylation sites (tertiary alicyclic amines) is 1. The number of anilines is 2. The first kappa shape index (κ1) is 21.9. The smallest absolute Gasteiger partial charge is 0.411 e. The van der Waals surface area contributed by atoms with Crippen LogP contribution in [0, 0.1) is 12.3 Å². The molecule has 3 fully saturated rings. The summed E-state index contributed by atoms with van der Waals surface area (Å²) in [4.78, 5) is 30.8. The van der Waals surface area contributed by atoms with Gasteiger partial charge in [0, 0.05) is 37.9 Å². The second kappa shape index (κ2) is 8.69. The van der Waals surface area contributed by atoms with Gasteiger partial charge in [-0.05, 0) is 82.6 Å². The number of amides is 2. The van der Waals surface area contributed by atoms with Crippen molar-refractivity contribution in [3.63, 3.8) is 0 Å². The summed E-state index contributed by atoms with van der Waals surface area (Å²) in [6, 6.07) is 6.22. The van der Waals surface area contributed by atoms with Crippen LogP contribution in [0.5, 0.6) is 0 Å². The van der Waals surface area contributed by atoms with Gasteiger partial charge in [-0.1, -0.05) is 0 Å². The lowest BCUT2D eigenvalue weighted by Crippen LogP contribution is -2.50. The van der Waals surface area contributed by atoms with Crippen LogP contribution in [0.2, 0.25) is 0 Å². The maximum absolute atomic E-state index is 13.5. The summed E-state index contributed by atoms with van der Waals surface area (Å²) >= 11 is 0. The molecular weight excluding hydrogens is 394 g/mol. The number of benzene rings is 1. The maximum Gasteiger partial charge on any atom is 0.411 e. The van der Waals surface area contributed by atoms with Gasteiger partial charge in [-0.3, -0.25) is 9.69 Å². The number of rotatable bonds is 4. The number of carbonyl (C=O) groups is 2. The molecule has 1 atom stereocenters. The molecule has 1 unspecified atom stereocenters. The number of hydrogen-bond donors (Lipinski definition) is 2. The van der Waals surface area contributed by atoms with Crippen molar-refractivity contribution in [2.24, 2.45) is 5.41 Å². The first-order chi connectivity index (χ1) is 14.8. The molecule has 7 nitrogen and oxygen atoms in total. The molecule has 2 aliphatic heterocycles. The molecule has 1 aliphatic carbocycles. The number of carbonyl (C=O) groups excluding carboxylic acids is 1. The number of aliphatic hydroxyl groups excluding tert-OH is 1. The molecule has 1 aromatic carbocycles. The van der Waals surface area contributed by atoms with Crippen LogP contribution in [0.1, 0.15) is 57.4 Å². The van der Waals surface area contributed by atoms with E-state index in [1.165, 1.54) is 4.90 Å². The van der Waals surface area contributed by atoms with E-state index in [1.807, 2.05) is 26.0 Å². The van der Waals surface area contributed by atoms with Crippen molar-refractivity contribution in [2.75, 3.05) is 36.0 Å². The molecule has 1 aromatic rings. The van der Waals surface area contributed by atoms with Gasteiger partial charge in [0.25, 0.3) is 0 Å². The predicted molar refractivity (Wildman–Crippen MR) is 121 cm³/mol. The van der Waals surface area contributed by atoms with Crippen LogP contribution in [-0.4, -0.2) is 65.4 Å². The Hall–Kier alpha value is -2.28. The highest BCUT2D eigenvalue weighted by Crippen LogP contribution is 2.43. The number of carboxylic acid groups (broad SMARTS) is 1. The van der Waals surface area contributed by atoms with E-state index in [2.05, 4.69) is 15.9 Å². The Morgan fingerprint density at radius 2 is 1.94 bits per heavy atom. The fourth-order valence-electron chi connectivity index (χ4n) is 5.84. The molecule has 170 valence electrons. The maximum atomic E-state index is 13.5. The molecular formula is C24H35N3O4. The van der Waals surface area contributed by atoms with E-state index >= 15 is 0 Å². The van der Waals surface area contributed by atoms with Crippen LogP contribution in [-0.2, 0) is 4.79 Å². The van der Waals surface area contributed by atoms with Crippen molar-refractivity contribution in [3.05, 3.63) is 23.8 Å². The summed E-state index contributed by atoms with van der Waals surface area (Å²) in [5.41, 5.74) is 2.40. The highest BCUT2D eigenvalue weighted by atomic mass is 16.4. The Kier molecular flexibility index (Phi) is 6.15. The number of aliphatic hydroxyl groups is 1. The van der Waals surface area contributed by atoms with Crippen molar-refractivity contribution >= 4 is 23.4 Å². The monoisotopic (exact) mass is 429 g/mol.